The van der Waals surface area contributed by atoms with Gasteiger partial charge in [0, 0.05) is 24.3 Å². The van der Waals surface area contributed by atoms with Gasteiger partial charge in [0.2, 0.25) is 5.95 Å². The smallest absolute Gasteiger partial charge is 0.263 e. The van der Waals surface area contributed by atoms with E-state index in [1.807, 2.05) is 0 Å². The molecule has 0 aromatic carbocycles. The van der Waals surface area contributed by atoms with Gasteiger partial charge < -0.3 is 10.6 Å². The summed E-state index contributed by atoms with van der Waals surface area (Å²) in [5.74, 6) is -0.700. The third-order valence-corrected chi connectivity index (χ3v) is 5.36. The molecule has 0 aliphatic carbocycles. The van der Waals surface area contributed by atoms with Crippen LogP contribution in [0.5, 0.6) is 0 Å². The number of halogens is 1. The van der Waals surface area contributed by atoms with E-state index in [1.165, 1.54) is 30.2 Å². The maximum atomic E-state index is 13.7. The van der Waals surface area contributed by atoms with Crippen molar-refractivity contribution >= 4 is 17.2 Å². The van der Waals surface area contributed by atoms with Crippen molar-refractivity contribution in [3.8, 4) is 10.6 Å². The Balaban J connectivity index is 1.49. The molecule has 5 nitrogen and oxygen atoms in total. The van der Waals surface area contributed by atoms with Gasteiger partial charge in [-0.15, -0.1) is 11.3 Å². The average molecular weight is 318 g/mol. The van der Waals surface area contributed by atoms with Crippen LogP contribution >= 0.6 is 11.3 Å². The SMILES string of the molecule is O=C(NC1CC2CCC1N2)c1cnc(-c2cccnc2F)s1. The summed E-state index contributed by atoms with van der Waals surface area (Å²) in [6, 6.07) is 4.38. The lowest BCUT2D eigenvalue weighted by molar-refractivity contribution is 0.0935. The van der Waals surface area contributed by atoms with Crippen LogP contribution in [0.3, 0.4) is 0 Å². The summed E-state index contributed by atoms with van der Waals surface area (Å²) in [5, 5.41) is 7.03. The number of nitrogens with zero attached hydrogens (tertiary/aromatic N) is 2. The van der Waals surface area contributed by atoms with Crippen LogP contribution in [0.4, 0.5) is 4.39 Å². The standard InChI is InChI=1S/C15H15FN4OS/c16-13-9(2-1-5-17-13)15-18-7-12(22-15)14(21)20-11-6-8-3-4-10(11)19-8/h1-2,5,7-8,10-11,19H,3-4,6H2,(H,20,21). The largest absolute Gasteiger partial charge is 0.347 e. The molecule has 2 bridgehead atoms. The van der Waals surface area contributed by atoms with Crippen molar-refractivity contribution in [2.24, 2.45) is 0 Å². The fraction of sp³-hybridized carbons (Fsp3) is 0.400. The van der Waals surface area contributed by atoms with Gasteiger partial charge in [-0.05, 0) is 31.4 Å². The van der Waals surface area contributed by atoms with Gasteiger partial charge in [0.15, 0.2) is 0 Å². The molecule has 2 aromatic heterocycles. The van der Waals surface area contributed by atoms with Gasteiger partial charge >= 0.3 is 0 Å². The third-order valence-electron chi connectivity index (χ3n) is 4.34. The monoisotopic (exact) mass is 318 g/mol. The molecule has 0 spiro atoms. The molecule has 4 heterocycles. The van der Waals surface area contributed by atoms with Crippen molar-refractivity contribution in [1.82, 2.24) is 20.6 Å². The molecule has 3 atom stereocenters. The number of hydrogen-bond acceptors (Lipinski definition) is 5. The maximum absolute atomic E-state index is 13.7. The Bertz CT molecular complexity index is 719. The first-order valence-electron chi connectivity index (χ1n) is 7.34. The first-order valence-corrected chi connectivity index (χ1v) is 8.16. The molecule has 7 heteroatoms. The molecule has 2 fully saturated rings. The summed E-state index contributed by atoms with van der Waals surface area (Å²) in [6.45, 7) is 0. The van der Waals surface area contributed by atoms with Crippen LogP contribution in [0.1, 0.15) is 28.9 Å². The van der Waals surface area contributed by atoms with E-state index in [0.29, 0.717) is 27.5 Å². The molecule has 22 heavy (non-hydrogen) atoms. The van der Waals surface area contributed by atoms with Crippen LogP contribution in [-0.4, -0.2) is 34.0 Å². The minimum Gasteiger partial charge on any atom is -0.347 e. The van der Waals surface area contributed by atoms with Gasteiger partial charge in [0.25, 0.3) is 5.91 Å². The minimum absolute atomic E-state index is 0.132. The van der Waals surface area contributed by atoms with E-state index in [4.69, 9.17) is 0 Å². The van der Waals surface area contributed by atoms with Crippen molar-refractivity contribution in [3.05, 3.63) is 35.4 Å². The average Bonchev–Trinajstić information content (AvgIpc) is 3.24. The van der Waals surface area contributed by atoms with Crippen molar-refractivity contribution in [3.63, 3.8) is 0 Å². The Labute approximate surface area is 131 Å². The summed E-state index contributed by atoms with van der Waals surface area (Å²) >= 11 is 1.19. The summed E-state index contributed by atoms with van der Waals surface area (Å²) in [4.78, 5) is 20.6. The maximum Gasteiger partial charge on any atom is 0.263 e. The topological polar surface area (TPSA) is 66.9 Å². The van der Waals surface area contributed by atoms with E-state index in [1.54, 1.807) is 12.1 Å². The first-order chi connectivity index (χ1) is 10.7. The van der Waals surface area contributed by atoms with Crippen LogP contribution in [0.15, 0.2) is 24.5 Å². The highest BCUT2D eigenvalue weighted by molar-refractivity contribution is 7.16. The number of thiazole rings is 1. The van der Waals surface area contributed by atoms with E-state index >= 15 is 0 Å². The zero-order chi connectivity index (χ0) is 15.1. The van der Waals surface area contributed by atoms with E-state index in [-0.39, 0.29) is 11.9 Å². The first kappa shape index (κ1) is 13.8. The molecule has 1 amide bonds. The number of carbonyl (C=O) groups is 1. The Kier molecular flexibility index (Phi) is 3.38. The van der Waals surface area contributed by atoms with Crippen LogP contribution in [0.2, 0.25) is 0 Å². The molecule has 2 aliphatic rings. The number of carbonyl (C=O) groups excluding carboxylic acids is 1. The lowest BCUT2D eigenvalue weighted by Gasteiger charge is -2.20. The van der Waals surface area contributed by atoms with Gasteiger partial charge in [0.05, 0.1) is 11.8 Å². The Morgan fingerprint density at radius 2 is 2.32 bits per heavy atom. The van der Waals surface area contributed by atoms with Gasteiger partial charge in [-0.25, -0.2) is 9.97 Å². The van der Waals surface area contributed by atoms with E-state index in [9.17, 15) is 9.18 Å². The predicted molar refractivity (Wildman–Crippen MR) is 81.1 cm³/mol. The van der Waals surface area contributed by atoms with E-state index in [2.05, 4.69) is 20.6 Å². The summed E-state index contributed by atoms with van der Waals surface area (Å²) in [5.41, 5.74) is 0.327. The van der Waals surface area contributed by atoms with Crippen molar-refractivity contribution in [2.45, 2.75) is 37.4 Å². The highest BCUT2D eigenvalue weighted by Crippen LogP contribution is 2.30. The Morgan fingerprint density at radius 3 is 3.05 bits per heavy atom. The van der Waals surface area contributed by atoms with E-state index in [0.717, 1.165) is 12.8 Å². The minimum atomic E-state index is -0.568. The Morgan fingerprint density at radius 1 is 1.41 bits per heavy atom. The number of hydrogen-bond donors (Lipinski definition) is 2. The summed E-state index contributed by atoms with van der Waals surface area (Å²) in [6.07, 6.45) is 6.19. The molecule has 2 aliphatic heterocycles. The molecular formula is C15H15FN4OS. The molecule has 0 saturated carbocycles. The number of pyridine rings is 1. The molecule has 2 saturated heterocycles. The lowest BCUT2D eigenvalue weighted by atomic mass is 9.95. The van der Waals surface area contributed by atoms with Crippen molar-refractivity contribution < 1.29 is 9.18 Å². The molecule has 4 rings (SSSR count). The number of amides is 1. The van der Waals surface area contributed by atoms with Crippen LogP contribution in [-0.2, 0) is 0 Å². The molecule has 2 N–H and O–H groups in total. The molecule has 114 valence electrons. The highest BCUT2D eigenvalue weighted by Gasteiger charge is 2.39. The molecule has 3 unspecified atom stereocenters. The second-order valence-electron chi connectivity index (χ2n) is 5.73. The van der Waals surface area contributed by atoms with Gasteiger partial charge in [0.1, 0.15) is 9.88 Å². The summed E-state index contributed by atoms with van der Waals surface area (Å²) in [7, 11) is 0. The third kappa shape index (κ3) is 2.40. The summed E-state index contributed by atoms with van der Waals surface area (Å²) < 4.78 is 13.7. The van der Waals surface area contributed by atoms with Crippen LogP contribution in [0.25, 0.3) is 10.6 Å². The zero-order valence-electron chi connectivity index (χ0n) is 11.8. The van der Waals surface area contributed by atoms with Gasteiger partial charge in [-0.2, -0.15) is 4.39 Å². The lowest BCUT2D eigenvalue weighted by Crippen LogP contribution is -2.42. The Hall–Kier alpha value is -1.86. The predicted octanol–water partition coefficient (Wildman–Crippen LogP) is 1.97. The van der Waals surface area contributed by atoms with Crippen LogP contribution in [0, 0.1) is 5.95 Å². The van der Waals surface area contributed by atoms with E-state index < -0.39 is 5.95 Å². The number of rotatable bonds is 3. The number of nitrogens with one attached hydrogen (secondary N) is 2. The van der Waals surface area contributed by atoms with Crippen molar-refractivity contribution in [1.29, 1.82) is 0 Å². The molecule has 2 aromatic rings. The normalized spacial score (nSPS) is 26.3. The molecule has 0 radical (unpaired) electrons. The highest BCUT2D eigenvalue weighted by atomic mass is 32.1. The number of fused-ring (bicyclic) bond motifs is 2. The zero-order valence-corrected chi connectivity index (χ0v) is 12.6. The van der Waals surface area contributed by atoms with Gasteiger partial charge in [-0.3, -0.25) is 4.79 Å². The van der Waals surface area contributed by atoms with Crippen molar-refractivity contribution in [2.75, 3.05) is 0 Å². The second-order valence-corrected chi connectivity index (χ2v) is 6.77. The second kappa shape index (κ2) is 5.40. The molecular weight excluding hydrogens is 303 g/mol. The van der Waals surface area contributed by atoms with Crippen LogP contribution < -0.4 is 10.6 Å². The van der Waals surface area contributed by atoms with Gasteiger partial charge in [-0.1, -0.05) is 0 Å². The fourth-order valence-corrected chi connectivity index (χ4v) is 4.11. The quantitative estimate of drug-likeness (QED) is 0.849. The fourth-order valence-electron chi connectivity index (χ4n) is 3.27. The number of aromatic nitrogens is 2.